The van der Waals surface area contributed by atoms with E-state index < -0.39 is 10.0 Å². The summed E-state index contributed by atoms with van der Waals surface area (Å²) >= 11 is 2.15. The summed E-state index contributed by atoms with van der Waals surface area (Å²) in [6.45, 7) is 1.78. The summed E-state index contributed by atoms with van der Waals surface area (Å²) in [5, 5.41) is 0. The molecule has 0 spiro atoms. The van der Waals surface area contributed by atoms with Gasteiger partial charge in [-0.3, -0.25) is 0 Å². The topological polar surface area (TPSA) is 52.0 Å². The minimum atomic E-state index is -3.66. The van der Waals surface area contributed by atoms with Gasteiger partial charge in [0.05, 0.1) is 10.6 Å². The Hall–Kier alpha value is -1.67. The summed E-state index contributed by atoms with van der Waals surface area (Å²) in [7, 11) is -3.66. The van der Waals surface area contributed by atoms with Crippen molar-refractivity contribution in [1.29, 1.82) is 0 Å². The highest BCUT2D eigenvalue weighted by Crippen LogP contribution is 2.24. The van der Waals surface area contributed by atoms with Crippen LogP contribution < -0.4 is 0 Å². The van der Waals surface area contributed by atoms with Crippen molar-refractivity contribution in [2.75, 3.05) is 0 Å². The van der Waals surface area contributed by atoms with Crippen molar-refractivity contribution in [2.45, 2.75) is 11.8 Å². The highest BCUT2D eigenvalue weighted by molar-refractivity contribution is 14.1. The summed E-state index contributed by atoms with van der Waals surface area (Å²) in [5.74, 6) is 0.427. The zero-order valence-electron chi connectivity index (χ0n) is 11.8. The maximum absolute atomic E-state index is 12.9. The van der Waals surface area contributed by atoms with Gasteiger partial charge in [0.1, 0.15) is 0 Å². The Kier molecular flexibility index (Phi) is 4.05. The van der Waals surface area contributed by atoms with Gasteiger partial charge in [0, 0.05) is 15.3 Å². The molecule has 2 aromatic carbocycles. The highest BCUT2D eigenvalue weighted by Gasteiger charge is 2.22. The van der Waals surface area contributed by atoms with Crippen LogP contribution in [-0.4, -0.2) is 17.4 Å². The second-order valence-electron chi connectivity index (χ2n) is 4.83. The summed E-state index contributed by atoms with van der Waals surface area (Å²) < 4.78 is 28.0. The van der Waals surface area contributed by atoms with Gasteiger partial charge in [-0.2, -0.15) is 0 Å². The van der Waals surface area contributed by atoms with Crippen molar-refractivity contribution < 1.29 is 8.42 Å². The van der Waals surface area contributed by atoms with Gasteiger partial charge in [-0.25, -0.2) is 17.4 Å². The van der Waals surface area contributed by atoms with Crippen LogP contribution in [0.4, 0.5) is 0 Å². The van der Waals surface area contributed by atoms with E-state index in [2.05, 4.69) is 27.6 Å². The third-order valence-electron chi connectivity index (χ3n) is 3.20. The first-order chi connectivity index (χ1) is 10.5. The lowest BCUT2D eigenvalue weighted by Gasteiger charge is -2.09. The molecular formula is C16H13IN2O2S. The summed E-state index contributed by atoms with van der Waals surface area (Å²) in [4.78, 5) is 4.62. The van der Waals surface area contributed by atoms with Crippen LogP contribution in [0, 0.1) is 10.5 Å². The van der Waals surface area contributed by atoms with Gasteiger partial charge in [-0.1, -0.05) is 30.3 Å². The monoisotopic (exact) mass is 424 g/mol. The lowest BCUT2D eigenvalue weighted by atomic mass is 10.2. The molecule has 0 saturated carbocycles. The third-order valence-corrected chi connectivity index (χ3v) is 5.58. The molecule has 0 saturated heterocycles. The smallest absolute Gasteiger partial charge is 0.233 e. The minimum Gasteiger partial charge on any atom is -0.233 e. The average molecular weight is 424 g/mol. The van der Waals surface area contributed by atoms with E-state index >= 15 is 0 Å². The quantitative estimate of drug-likeness (QED) is 0.603. The normalized spacial score (nSPS) is 11.5. The van der Waals surface area contributed by atoms with Crippen molar-refractivity contribution in [3.05, 3.63) is 70.1 Å². The fourth-order valence-electron chi connectivity index (χ4n) is 2.16. The van der Waals surface area contributed by atoms with Crippen molar-refractivity contribution >= 4 is 32.6 Å². The molecule has 112 valence electrons. The van der Waals surface area contributed by atoms with Crippen LogP contribution in [0.3, 0.4) is 0 Å². The molecular weight excluding hydrogens is 411 g/mol. The summed E-state index contributed by atoms with van der Waals surface area (Å²) in [6, 6.07) is 16.1. The van der Waals surface area contributed by atoms with E-state index in [-0.39, 0.29) is 4.90 Å². The number of halogens is 1. The predicted molar refractivity (Wildman–Crippen MR) is 94.1 cm³/mol. The number of imidazole rings is 1. The van der Waals surface area contributed by atoms with Crippen LogP contribution in [0.15, 0.2) is 65.7 Å². The number of aromatic nitrogens is 2. The standard InChI is InChI=1S/C16H13IN2O2S/c1-12-11-19(16(18-12)13-5-3-2-4-6-13)22(20,21)15-9-7-14(17)8-10-15/h2-11H,1H3. The molecule has 0 aliphatic carbocycles. The maximum Gasteiger partial charge on any atom is 0.269 e. The van der Waals surface area contributed by atoms with Gasteiger partial charge in [-0.05, 0) is 53.8 Å². The molecule has 1 heterocycles. The lowest BCUT2D eigenvalue weighted by Crippen LogP contribution is -2.13. The van der Waals surface area contributed by atoms with E-state index in [1.807, 2.05) is 30.3 Å². The number of nitrogens with zero attached hydrogens (tertiary/aromatic N) is 2. The highest BCUT2D eigenvalue weighted by atomic mass is 127. The van der Waals surface area contributed by atoms with E-state index in [1.54, 1.807) is 37.4 Å². The van der Waals surface area contributed by atoms with E-state index in [0.717, 1.165) is 9.13 Å². The molecule has 0 aliphatic rings. The number of rotatable bonds is 3. The Balaban J connectivity index is 2.18. The molecule has 0 aliphatic heterocycles. The predicted octanol–water partition coefficient (Wildman–Crippen LogP) is 3.70. The van der Waals surface area contributed by atoms with Gasteiger partial charge in [0.2, 0.25) is 0 Å². The molecule has 3 rings (SSSR count). The Morgan fingerprint density at radius 1 is 1.00 bits per heavy atom. The van der Waals surface area contributed by atoms with Gasteiger partial charge >= 0.3 is 0 Å². The van der Waals surface area contributed by atoms with Crippen LogP contribution in [0.5, 0.6) is 0 Å². The number of aryl methyl sites for hydroxylation is 1. The molecule has 0 N–H and O–H groups in total. The van der Waals surface area contributed by atoms with E-state index in [0.29, 0.717) is 11.5 Å². The lowest BCUT2D eigenvalue weighted by molar-refractivity contribution is 0.588. The van der Waals surface area contributed by atoms with E-state index in [4.69, 9.17) is 0 Å². The largest absolute Gasteiger partial charge is 0.269 e. The number of benzene rings is 2. The Morgan fingerprint density at radius 2 is 1.64 bits per heavy atom. The molecule has 1 aromatic heterocycles. The van der Waals surface area contributed by atoms with E-state index in [9.17, 15) is 8.42 Å². The zero-order valence-corrected chi connectivity index (χ0v) is 14.7. The second-order valence-corrected chi connectivity index (χ2v) is 7.89. The van der Waals surface area contributed by atoms with Crippen LogP contribution in [0.25, 0.3) is 11.4 Å². The van der Waals surface area contributed by atoms with Crippen LogP contribution >= 0.6 is 22.6 Å². The van der Waals surface area contributed by atoms with Gasteiger partial charge in [0.15, 0.2) is 5.82 Å². The zero-order chi connectivity index (χ0) is 15.7. The summed E-state index contributed by atoms with van der Waals surface area (Å²) in [6.07, 6.45) is 1.55. The SMILES string of the molecule is Cc1cn(S(=O)(=O)c2ccc(I)cc2)c(-c2ccccc2)n1. The van der Waals surface area contributed by atoms with Crippen molar-refractivity contribution in [1.82, 2.24) is 8.96 Å². The fourth-order valence-corrected chi connectivity index (χ4v) is 3.89. The molecule has 0 amide bonds. The van der Waals surface area contributed by atoms with E-state index in [1.165, 1.54) is 3.97 Å². The van der Waals surface area contributed by atoms with Crippen LogP contribution in [0.2, 0.25) is 0 Å². The second kappa shape index (κ2) is 5.85. The van der Waals surface area contributed by atoms with Gasteiger partial charge in [0.25, 0.3) is 10.0 Å². The average Bonchev–Trinajstić information content (AvgIpc) is 2.91. The molecule has 6 heteroatoms. The molecule has 0 bridgehead atoms. The first-order valence-corrected chi connectivity index (χ1v) is 9.13. The number of hydrogen-bond acceptors (Lipinski definition) is 3. The molecule has 3 aromatic rings. The first-order valence-electron chi connectivity index (χ1n) is 6.61. The molecule has 0 atom stereocenters. The Labute approximate surface area is 143 Å². The fraction of sp³-hybridized carbons (Fsp3) is 0.0625. The molecule has 4 nitrogen and oxygen atoms in total. The van der Waals surface area contributed by atoms with Gasteiger partial charge < -0.3 is 0 Å². The minimum absolute atomic E-state index is 0.252. The molecule has 22 heavy (non-hydrogen) atoms. The molecule has 0 unspecified atom stereocenters. The van der Waals surface area contributed by atoms with Crippen molar-refractivity contribution in [2.24, 2.45) is 0 Å². The first kappa shape index (κ1) is 15.2. The molecule has 0 radical (unpaired) electrons. The maximum atomic E-state index is 12.9. The molecule has 0 fully saturated rings. The summed E-state index contributed by atoms with van der Waals surface area (Å²) in [5.41, 5.74) is 1.43. The van der Waals surface area contributed by atoms with Crippen LogP contribution in [-0.2, 0) is 10.0 Å². The van der Waals surface area contributed by atoms with Crippen molar-refractivity contribution in [3.8, 4) is 11.4 Å². The third kappa shape index (κ3) is 2.80. The Bertz CT molecular complexity index is 901. The Morgan fingerprint density at radius 3 is 2.27 bits per heavy atom. The van der Waals surface area contributed by atoms with Crippen LogP contribution in [0.1, 0.15) is 5.69 Å². The number of hydrogen-bond donors (Lipinski definition) is 0. The van der Waals surface area contributed by atoms with Crippen molar-refractivity contribution in [3.63, 3.8) is 0 Å². The van der Waals surface area contributed by atoms with Gasteiger partial charge in [-0.15, -0.1) is 0 Å².